The summed E-state index contributed by atoms with van der Waals surface area (Å²) in [4.78, 5) is 11.8. The fraction of sp³-hybridized carbons (Fsp3) is 0.357. The van der Waals surface area contributed by atoms with E-state index in [1.54, 1.807) is 0 Å². The summed E-state index contributed by atoms with van der Waals surface area (Å²) in [7, 11) is 0. The van der Waals surface area contributed by atoms with E-state index in [1.165, 1.54) is 11.3 Å². The van der Waals surface area contributed by atoms with Crippen molar-refractivity contribution in [1.29, 1.82) is 0 Å². The van der Waals surface area contributed by atoms with Crippen LogP contribution in [0.1, 0.15) is 23.9 Å². The summed E-state index contributed by atoms with van der Waals surface area (Å²) in [6, 6.07) is 5.26. The molecule has 0 unspecified atom stereocenters. The maximum Gasteiger partial charge on any atom is 0.321 e. The lowest BCUT2D eigenvalue weighted by Crippen LogP contribution is -2.28. The van der Waals surface area contributed by atoms with Gasteiger partial charge in [0.2, 0.25) is 11.9 Å². The lowest BCUT2D eigenvalue weighted by Gasteiger charge is -2.06. The Bertz CT molecular complexity index is 674. The second-order valence-electron chi connectivity index (χ2n) is 4.75. The summed E-state index contributed by atoms with van der Waals surface area (Å²) in [5, 5.41) is 14.8. The SMILES string of the molecule is CCCc1nnc(NC(=O)NCc2ccc3c(c2)OCO3)s1. The molecule has 1 aliphatic rings. The number of aromatic nitrogens is 2. The molecule has 0 saturated carbocycles. The van der Waals surface area contributed by atoms with E-state index in [0.717, 1.165) is 29.2 Å². The largest absolute Gasteiger partial charge is 0.454 e. The van der Waals surface area contributed by atoms with Crippen LogP contribution in [0.5, 0.6) is 11.5 Å². The highest BCUT2D eigenvalue weighted by Gasteiger charge is 2.13. The van der Waals surface area contributed by atoms with E-state index < -0.39 is 0 Å². The molecule has 0 atom stereocenters. The Morgan fingerprint density at radius 2 is 2.18 bits per heavy atom. The highest BCUT2D eigenvalue weighted by Crippen LogP contribution is 2.32. The quantitative estimate of drug-likeness (QED) is 0.884. The van der Waals surface area contributed by atoms with Crippen molar-refractivity contribution in [3.63, 3.8) is 0 Å². The van der Waals surface area contributed by atoms with Crippen molar-refractivity contribution in [3.8, 4) is 11.5 Å². The van der Waals surface area contributed by atoms with Crippen LogP contribution in [0.4, 0.5) is 9.93 Å². The zero-order chi connectivity index (χ0) is 15.4. The van der Waals surface area contributed by atoms with Crippen LogP contribution in [-0.4, -0.2) is 23.0 Å². The van der Waals surface area contributed by atoms with Gasteiger partial charge < -0.3 is 14.8 Å². The van der Waals surface area contributed by atoms with Gasteiger partial charge in [-0.1, -0.05) is 24.3 Å². The molecule has 2 heterocycles. The van der Waals surface area contributed by atoms with Crippen LogP contribution >= 0.6 is 11.3 Å². The average molecular weight is 320 g/mol. The minimum Gasteiger partial charge on any atom is -0.454 e. The Morgan fingerprint density at radius 3 is 3.05 bits per heavy atom. The molecule has 7 nitrogen and oxygen atoms in total. The predicted molar refractivity (Wildman–Crippen MR) is 82.3 cm³/mol. The molecule has 2 N–H and O–H groups in total. The highest BCUT2D eigenvalue weighted by molar-refractivity contribution is 7.15. The summed E-state index contributed by atoms with van der Waals surface area (Å²) >= 11 is 1.39. The minimum atomic E-state index is -0.308. The van der Waals surface area contributed by atoms with Gasteiger partial charge in [-0.05, 0) is 24.1 Å². The number of carbonyl (C=O) groups is 1. The van der Waals surface area contributed by atoms with Crippen molar-refractivity contribution in [1.82, 2.24) is 15.5 Å². The molecule has 0 saturated heterocycles. The van der Waals surface area contributed by atoms with Crippen molar-refractivity contribution < 1.29 is 14.3 Å². The van der Waals surface area contributed by atoms with Gasteiger partial charge in [-0.15, -0.1) is 10.2 Å². The molecule has 0 radical (unpaired) electrons. The second-order valence-corrected chi connectivity index (χ2v) is 5.81. The molecule has 0 bridgehead atoms. The first-order valence-corrected chi connectivity index (χ1v) is 7.82. The van der Waals surface area contributed by atoms with Gasteiger partial charge in [0, 0.05) is 13.0 Å². The minimum absolute atomic E-state index is 0.240. The van der Waals surface area contributed by atoms with Gasteiger partial charge in [0.15, 0.2) is 11.5 Å². The zero-order valence-electron chi connectivity index (χ0n) is 12.1. The number of benzene rings is 1. The first-order valence-electron chi connectivity index (χ1n) is 7.00. The number of aryl methyl sites for hydroxylation is 1. The molecule has 0 fully saturated rings. The Labute approximate surface area is 131 Å². The Kier molecular flexibility index (Phi) is 4.38. The van der Waals surface area contributed by atoms with Gasteiger partial charge in [-0.2, -0.15) is 0 Å². The van der Waals surface area contributed by atoms with Crippen molar-refractivity contribution in [2.75, 3.05) is 12.1 Å². The van der Waals surface area contributed by atoms with Crippen molar-refractivity contribution in [3.05, 3.63) is 28.8 Å². The molecular weight excluding hydrogens is 304 g/mol. The number of hydrogen-bond acceptors (Lipinski definition) is 6. The Morgan fingerprint density at radius 1 is 1.32 bits per heavy atom. The lowest BCUT2D eigenvalue weighted by atomic mass is 10.2. The average Bonchev–Trinajstić information content (AvgIpc) is 3.14. The number of rotatable bonds is 5. The van der Waals surface area contributed by atoms with Gasteiger partial charge >= 0.3 is 6.03 Å². The second kappa shape index (κ2) is 6.61. The number of nitrogens with zero attached hydrogens (tertiary/aromatic N) is 2. The number of urea groups is 1. The monoisotopic (exact) mass is 320 g/mol. The predicted octanol–water partition coefficient (Wildman–Crippen LogP) is 2.54. The summed E-state index contributed by atoms with van der Waals surface area (Å²) in [6.45, 7) is 2.71. The van der Waals surface area contributed by atoms with Gasteiger partial charge in [-0.3, -0.25) is 5.32 Å². The fourth-order valence-electron chi connectivity index (χ4n) is 1.99. The molecule has 0 aliphatic carbocycles. The van der Waals surface area contributed by atoms with Gasteiger partial charge in [0.1, 0.15) is 5.01 Å². The molecule has 116 valence electrons. The molecule has 8 heteroatoms. The van der Waals surface area contributed by atoms with Gasteiger partial charge in [-0.25, -0.2) is 4.79 Å². The van der Waals surface area contributed by atoms with Crippen LogP contribution in [0, 0.1) is 0 Å². The molecule has 1 aromatic carbocycles. The van der Waals surface area contributed by atoms with E-state index in [4.69, 9.17) is 9.47 Å². The Balaban J connectivity index is 1.51. The number of fused-ring (bicyclic) bond motifs is 1. The van der Waals surface area contributed by atoms with Crippen LogP contribution in [0.15, 0.2) is 18.2 Å². The van der Waals surface area contributed by atoms with Gasteiger partial charge in [0.25, 0.3) is 0 Å². The van der Waals surface area contributed by atoms with Crippen LogP contribution < -0.4 is 20.1 Å². The summed E-state index contributed by atoms with van der Waals surface area (Å²) < 4.78 is 10.5. The van der Waals surface area contributed by atoms with Gasteiger partial charge in [0.05, 0.1) is 0 Å². The summed E-state index contributed by atoms with van der Waals surface area (Å²) in [5.41, 5.74) is 0.934. The van der Waals surface area contributed by atoms with E-state index >= 15 is 0 Å². The van der Waals surface area contributed by atoms with E-state index in [0.29, 0.717) is 17.4 Å². The molecule has 1 aliphatic heterocycles. The molecule has 0 spiro atoms. The Hall–Kier alpha value is -2.35. The van der Waals surface area contributed by atoms with E-state index in [-0.39, 0.29) is 12.8 Å². The first-order chi connectivity index (χ1) is 10.7. The number of anilines is 1. The third-order valence-electron chi connectivity index (χ3n) is 3.04. The number of carbonyl (C=O) groups excluding carboxylic acids is 1. The van der Waals surface area contributed by atoms with Crippen LogP contribution in [0.3, 0.4) is 0 Å². The van der Waals surface area contributed by atoms with Crippen LogP contribution in [-0.2, 0) is 13.0 Å². The fourth-order valence-corrected chi connectivity index (χ4v) is 2.83. The first kappa shape index (κ1) is 14.6. The third kappa shape index (κ3) is 3.45. The smallest absolute Gasteiger partial charge is 0.321 e. The summed E-state index contributed by atoms with van der Waals surface area (Å²) in [6.07, 6.45) is 1.88. The van der Waals surface area contributed by atoms with E-state index in [1.807, 2.05) is 18.2 Å². The van der Waals surface area contributed by atoms with Crippen molar-refractivity contribution in [2.24, 2.45) is 0 Å². The highest BCUT2D eigenvalue weighted by atomic mass is 32.1. The molecule has 3 rings (SSSR count). The topological polar surface area (TPSA) is 85.4 Å². The summed E-state index contributed by atoms with van der Waals surface area (Å²) in [5.74, 6) is 1.43. The molecule has 2 amide bonds. The standard InChI is InChI=1S/C14H16N4O3S/c1-2-3-12-17-18-14(22-12)16-13(19)15-7-9-4-5-10-11(6-9)21-8-20-10/h4-6H,2-3,7-8H2,1H3,(H2,15,16,18,19). The van der Waals surface area contributed by atoms with Crippen molar-refractivity contribution >= 4 is 22.5 Å². The normalized spacial score (nSPS) is 12.2. The number of nitrogens with one attached hydrogen (secondary N) is 2. The molecular formula is C14H16N4O3S. The molecule has 2 aromatic rings. The molecule has 1 aromatic heterocycles. The zero-order valence-corrected chi connectivity index (χ0v) is 12.9. The van der Waals surface area contributed by atoms with Crippen LogP contribution in [0.25, 0.3) is 0 Å². The van der Waals surface area contributed by atoms with E-state index in [2.05, 4.69) is 27.8 Å². The number of amides is 2. The molecule has 22 heavy (non-hydrogen) atoms. The van der Waals surface area contributed by atoms with Crippen LogP contribution in [0.2, 0.25) is 0 Å². The van der Waals surface area contributed by atoms with Crippen molar-refractivity contribution in [2.45, 2.75) is 26.3 Å². The third-order valence-corrected chi connectivity index (χ3v) is 3.94. The maximum atomic E-state index is 11.8. The lowest BCUT2D eigenvalue weighted by molar-refractivity contribution is 0.174. The maximum absolute atomic E-state index is 11.8. The number of hydrogen-bond donors (Lipinski definition) is 2. The van der Waals surface area contributed by atoms with E-state index in [9.17, 15) is 4.79 Å². The number of ether oxygens (including phenoxy) is 2.